The van der Waals surface area contributed by atoms with Gasteiger partial charge in [0.15, 0.2) is 0 Å². The summed E-state index contributed by atoms with van der Waals surface area (Å²) >= 11 is 1.39. The lowest BCUT2D eigenvalue weighted by molar-refractivity contribution is 0.466. The molecule has 4 aromatic rings. The van der Waals surface area contributed by atoms with E-state index in [9.17, 15) is 4.79 Å². The van der Waals surface area contributed by atoms with Gasteiger partial charge in [-0.15, -0.1) is 10.2 Å². The molecule has 0 saturated heterocycles. The molecule has 6 nitrogen and oxygen atoms in total. The number of aryl methyl sites for hydroxylation is 1. The highest BCUT2D eigenvalue weighted by Gasteiger charge is 2.14. The van der Waals surface area contributed by atoms with Crippen molar-refractivity contribution in [2.45, 2.75) is 37.7 Å². The molecule has 28 heavy (non-hydrogen) atoms. The van der Waals surface area contributed by atoms with Crippen LogP contribution in [0.2, 0.25) is 0 Å². The first-order valence-corrected chi connectivity index (χ1v) is 9.94. The standard InChI is InChI=1S/C21H19N3O3S/c1-12(2)16-10-17-15(9-19(25)26-18(17)8-13(16)3)11-28-21-24-23-20(27-21)14-4-6-22-7-5-14/h4-10,12H,11H2,1-3H3. The third kappa shape index (κ3) is 3.71. The fraction of sp³-hybridized carbons (Fsp3) is 0.238. The van der Waals surface area contributed by atoms with Gasteiger partial charge in [0, 0.05) is 35.2 Å². The number of hydrogen-bond acceptors (Lipinski definition) is 7. The number of aromatic nitrogens is 3. The van der Waals surface area contributed by atoms with Crippen LogP contribution < -0.4 is 5.63 Å². The topological polar surface area (TPSA) is 82.0 Å². The Bertz CT molecular complexity index is 1180. The van der Waals surface area contributed by atoms with Crippen LogP contribution in [0.4, 0.5) is 0 Å². The van der Waals surface area contributed by atoms with E-state index in [1.165, 1.54) is 23.4 Å². The maximum Gasteiger partial charge on any atom is 0.336 e. The van der Waals surface area contributed by atoms with E-state index < -0.39 is 0 Å². The summed E-state index contributed by atoms with van der Waals surface area (Å²) in [5.74, 6) is 1.36. The Balaban J connectivity index is 1.64. The van der Waals surface area contributed by atoms with Gasteiger partial charge in [-0.2, -0.15) is 0 Å². The van der Waals surface area contributed by atoms with Crippen LogP contribution in [0.5, 0.6) is 0 Å². The highest BCUT2D eigenvalue weighted by Crippen LogP contribution is 2.31. The number of thioether (sulfide) groups is 1. The van der Waals surface area contributed by atoms with Crippen molar-refractivity contribution in [2.75, 3.05) is 0 Å². The predicted octanol–water partition coefficient (Wildman–Crippen LogP) is 4.96. The maximum atomic E-state index is 12.0. The lowest BCUT2D eigenvalue weighted by Crippen LogP contribution is -2.02. The minimum Gasteiger partial charge on any atom is -0.423 e. The van der Waals surface area contributed by atoms with Crippen molar-refractivity contribution in [1.29, 1.82) is 0 Å². The van der Waals surface area contributed by atoms with Crippen molar-refractivity contribution in [3.05, 3.63) is 69.8 Å². The molecule has 0 saturated carbocycles. The van der Waals surface area contributed by atoms with E-state index in [0.717, 1.165) is 22.1 Å². The van der Waals surface area contributed by atoms with Crippen LogP contribution in [0.1, 0.15) is 36.5 Å². The van der Waals surface area contributed by atoms with Crippen molar-refractivity contribution < 1.29 is 8.83 Å². The summed E-state index contributed by atoms with van der Waals surface area (Å²) in [6.45, 7) is 6.34. The van der Waals surface area contributed by atoms with Gasteiger partial charge in [-0.1, -0.05) is 25.6 Å². The zero-order valence-corrected chi connectivity index (χ0v) is 16.6. The Kier molecular flexibility index (Phi) is 5.00. The quantitative estimate of drug-likeness (QED) is 0.350. The van der Waals surface area contributed by atoms with Crippen LogP contribution in [0.25, 0.3) is 22.4 Å². The second kappa shape index (κ2) is 7.59. The summed E-state index contributed by atoms with van der Waals surface area (Å²) in [6, 6.07) is 9.22. The number of hydrogen-bond donors (Lipinski definition) is 0. The van der Waals surface area contributed by atoms with Crippen LogP contribution in [0, 0.1) is 6.92 Å². The number of pyridine rings is 1. The van der Waals surface area contributed by atoms with Crippen LogP contribution in [0.15, 0.2) is 61.6 Å². The van der Waals surface area contributed by atoms with Crippen LogP contribution >= 0.6 is 11.8 Å². The van der Waals surface area contributed by atoms with Gasteiger partial charge >= 0.3 is 5.63 Å². The van der Waals surface area contributed by atoms with E-state index in [-0.39, 0.29) is 5.63 Å². The van der Waals surface area contributed by atoms with E-state index in [1.807, 2.05) is 25.1 Å². The van der Waals surface area contributed by atoms with E-state index >= 15 is 0 Å². The lowest BCUT2D eigenvalue weighted by Gasteiger charge is -2.12. The molecule has 3 aromatic heterocycles. The number of nitrogens with zero attached hydrogens (tertiary/aromatic N) is 3. The van der Waals surface area contributed by atoms with Crippen molar-refractivity contribution >= 4 is 22.7 Å². The third-order valence-corrected chi connectivity index (χ3v) is 5.39. The fourth-order valence-corrected chi connectivity index (χ4v) is 3.91. The van der Waals surface area contributed by atoms with E-state index in [4.69, 9.17) is 8.83 Å². The molecule has 0 atom stereocenters. The molecule has 0 unspecified atom stereocenters. The zero-order chi connectivity index (χ0) is 19.7. The Hall–Kier alpha value is -2.93. The molecular formula is C21H19N3O3S. The zero-order valence-electron chi connectivity index (χ0n) is 15.8. The van der Waals surface area contributed by atoms with Crippen LogP contribution in [0.3, 0.4) is 0 Å². The largest absolute Gasteiger partial charge is 0.423 e. The Morgan fingerprint density at radius 2 is 1.86 bits per heavy atom. The third-order valence-electron chi connectivity index (χ3n) is 4.52. The van der Waals surface area contributed by atoms with E-state index in [1.54, 1.807) is 12.4 Å². The number of rotatable bonds is 5. The molecule has 0 radical (unpaired) electrons. The fourth-order valence-electron chi connectivity index (χ4n) is 3.15. The van der Waals surface area contributed by atoms with Gasteiger partial charge in [0.25, 0.3) is 5.22 Å². The summed E-state index contributed by atoms with van der Waals surface area (Å²) in [6.07, 6.45) is 3.35. The molecule has 0 spiro atoms. The second-order valence-electron chi connectivity index (χ2n) is 6.85. The van der Waals surface area contributed by atoms with Gasteiger partial charge in [-0.05, 0) is 53.8 Å². The van der Waals surface area contributed by atoms with E-state index in [2.05, 4.69) is 35.1 Å². The molecule has 0 aliphatic carbocycles. The van der Waals surface area contributed by atoms with Gasteiger partial charge < -0.3 is 8.83 Å². The van der Waals surface area contributed by atoms with Gasteiger partial charge in [0.1, 0.15) is 5.58 Å². The molecule has 0 fully saturated rings. The minimum atomic E-state index is -0.359. The molecule has 0 bridgehead atoms. The number of benzene rings is 1. The summed E-state index contributed by atoms with van der Waals surface area (Å²) in [5.41, 5.74) is 4.31. The van der Waals surface area contributed by atoms with Crippen molar-refractivity contribution in [1.82, 2.24) is 15.2 Å². The average Bonchev–Trinajstić information content (AvgIpc) is 3.15. The molecule has 0 aliphatic heterocycles. The summed E-state index contributed by atoms with van der Waals surface area (Å²) < 4.78 is 11.1. The molecular weight excluding hydrogens is 374 g/mol. The first-order chi connectivity index (χ1) is 13.5. The molecule has 7 heteroatoms. The molecule has 4 rings (SSSR count). The Morgan fingerprint density at radius 1 is 1.07 bits per heavy atom. The van der Waals surface area contributed by atoms with Crippen LogP contribution in [-0.4, -0.2) is 15.2 Å². The summed E-state index contributed by atoms with van der Waals surface area (Å²) in [5, 5.41) is 9.56. The molecule has 142 valence electrons. The predicted molar refractivity (Wildman–Crippen MR) is 108 cm³/mol. The highest BCUT2D eigenvalue weighted by molar-refractivity contribution is 7.98. The molecule has 0 aliphatic rings. The van der Waals surface area contributed by atoms with Crippen molar-refractivity contribution in [3.63, 3.8) is 0 Å². The average molecular weight is 393 g/mol. The van der Waals surface area contributed by atoms with Gasteiger partial charge in [0.2, 0.25) is 5.89 Å². The minimum absolute atomic E-state index is 0.359. The Morgan fingerprint density at radius 3 is 2.61 bits per heavy atom. The lowest BCUT2D eigenvalue weighted by atomic mass is 9.95. The maximum absolute atomic E-state index is 12.0. The Labute approximate surface area is 166 Å². The van der Waals surface area contributed by atoms with Gasteiger partial charge in [-0.25, -0.2) is 4.79 Å². The van der Waals surface area contributed by atoms with Crippen molar-refractivity contribution in [3.8, 4) is 11.5 Å². The molecule has 0 N–H and O–H groups in total. The summed E-state index contributed by atoms with van der Waals surface area (Å²) in [4.78, 5) is 16.0. The molecule has 0 amide bonds. The number of fused-ring (bicyclic) bond motifs is 1. The second-order valence-corrected chi connectivity index (χ2v) is 7.77. The first-order valence-electron chi connectivity index (χ1n) is 8.95. The normalized spacial score (nSPS) is 11.4. The monoisotopic (exact) mass is 393 g/mol. The van der Waals surface area contributed by atoms with Crippen LogP contribution in [-0.2, 0) is 5.75 Å². The molecule has 3 heterocycles. The van der Waals surface area contributed by atoms with Gasteiger partial charge in [-0.3, -0.25) is 4.98 Å². The van der Waals surface area contributed by atoms with E-state index in [0.29, 0.717) is 28.4 Å². The molecule has 1 aromatic carbocycles. The first kappa shape index (κ1) is 18.4. The van der Waals surface area contributed by atoms with Gasteiger partial charge in [0.05, 0.1) is 0 Å². The highest BCUT2D eigenvalue weighted by atomic mass is 32.2. The summed E-state index contributed by atoms with van der Waals surface area (Å²) in [7, 11) is 0. The van der Waals surface area contributed by atoms with Crippen molar-refractivity contribution in [2.24, 2.45) is 0 Å². The smallest absolute Gasteiger partial charge is 0.336 e. The SMILES string of the molecule is Cc1cc2oc(=O)cc(CSc3nnc(-c4ccncc4)o3)c2cc1C(C)C.